The molecule has 2 aromatic rings. The first-order valence-electron chi connectivity index (χ1n) is 7.93. The number of rotatable bonds is 2. The van der Waals surface area contributed by atoms with Crippen LogP contribution in [0.4, 0.5) is 4.79 Å². The zero-order chi connectivity index (χ0) is 16.7. The van der Waals surface area contributed by atoms with Gasteiger partial charge < -0.3 is 15.2 Å². The van der Waals surface area contributed by atoms with Crippen LogP contribution < -0.4 is 10.6 Å². The van der Waals surface area contributed by atoms with Crippen molar-refractivity contribution in [2.75, 3.05) is 20.1 Å². The van der Waals surface area contributed by atoms with Crippen molar-refractivity contribution in [2.24, 2.45) is 0 Å². The highest BCUT2D eigenvalue weighted by Gasteiger charge is 2.22. The first-order chi connectivity index (χ1) is 11.6. The Morgan fingerprint density at radius 3 is 2.79 bits per heavy atom. The molecule has 0 bridgehead atoms. The van der Waals surface area contributed by atoms with Gasteiger partial charge in [-0.15, -0.1) is 0 Å². The summed E-state index contributed by atoms with van der Waals surface area (Å²) in [6.45, 7) is 2.01. The number of likely N-dealkylation sites (N-methyl/N-ethyl adjacent to an activating group) is 1. The van der Waals surface area contributed by atoms with Crippen LogP contribution in [-0.4, -0.2) is 42.0 Å². The Bertz CT molecular complexity index is 907. The lowest BCUT2D eigenvalue weighted by Crippen LogP contribution is -2.23. The zero-order valence-corrected chi connectivity index (χ0v) is 13.3. The molecule has 1 saturated heterocycles. The molecule has 122 valence electrons. The molecule has 0 spiro atoms. The van der Waals surface area contributed by atoms with Crippen LogP contribution >= 0.6 is 0 Å². The van der Waals surface area contributed by atoms with E-state index in [1.54, 1.807) is 6.08 Å². The molecular weight excluding hydrogens is 304 g/mol. The molecule has 0 unspecified atom stereocenters. The van der Waals surface area contributed by atoms with Crippen LogP contribution in [-0.2, 0) is 4.79 Å². The van der Waals surface area contributed by atoms with Crippen LogP contribution in [0.25, 0.3) is 22.6 Å². The summed E-state index contributed by atoms with van der Waals surface area (Å²) in [6, 6.07) is 5.49. The van der Waals surface area contributed by atoms with Crippen LogP contribution in [0.2, 0.25) is 0 Å². The summed E-state index contributed by atoms with van der Waals surface area (Å²) in [5, 5.41) is 5.85. The third kappa shape index (κ3) is 2.61. The lowest BCUT2D eigenvalue weighted by atomic mass is 9.98. The SMILES string of the molecule is CN1CC=C(c2c[nH]c3ccc(C=C4NC(=O)NC4=O)cc23)CC1. The first-order valence-corrected chi connectivity index (χ1v) is 7.93. The summed E-state index contributed by atoms with van der Waals surface area (Å²) >= 11 is 0. The Morgan fingerprint density at radius 1 is 1.21 bits per heavy atom. The molecule has 3 heterocycles. The van der Waals surface area contributed by atoms with Gasteiger partial charge in [0.25, 0.3) is 5.91 Å². The number of imide groups is 1. The monoisotopic (exact) mass is 322 g/mol. The van der Waals surface area contributed by atoms with E-state index in [-0.39, 0.29) is 5.70 Å². The number of hydrogen-bond donors (Lipinski definition) is 3. The van der Waals surface area contributed by atoms with Crippen molar-refractivity contribution in [3.05, 3.63) is 47.3 Å². The van der Waals surface area contributed by atoms with E-state index in [2.05, 4.69) is 33.6 Å². The van der Waals surface area contributed by atoms with Crippen LogP contribution in [0, 0.1) is 0 Å². The summed E-state index contributed by atoms with van der Waals surface area (Å²) in [4.78, 5) is 28.5. The first kappa shape index (κ1) is 14.7. The van der Waals surface area contributed by atoms with Crippen molar-refractivity contribution in [1.29, 1.82) is 0 Å². The van der Waals surface area contributed by atoms with E-state index in [0.717, 1.165) is 36.0 Å². The molecule has 3 amide bonds. The predicted molar refractivity (Wildman–Crippen MR) is 93.0 cm³/mol. The summed E-state index contributed by atoms with van der Waals surface area (Å²) < 4.78 is 0. The molecule has 1 fully saturated rings. The second-order valence-corrected chi connectivity index (χ2v) is 6.22. The maximum absolute atomic E-state index is 11.7. The van der Waals surface area contributed by atoms with Gasteiger partial charge in [-0.2, -0.15) is 0 Å². The Kier molecular flexibility index (Phi) is 3.46. The molecule has 24 heavy (non-hydrogen) atoms. The quantitative estimate of drug-likeness (QED) is 0.585. The maximum Gasteiger partial charge on any atom is 0.326 e. The van der Waals surface area contributed by atoms with Gasteiger partial charge in [0, 0.05) is 35.8 Å². The van der Waals surface area contributed by atoms with Crippen LogP contribution in [0.5, 0.6) is 0 Å². The normalized spacial score (nSPS) is 20.4. The molecule has 0 aliphatic carbocycles. The molecule has 6 nitrogen and oxygen atoms in total. The average molecular weight is 322 g/mol. The van der Waals surface area contributed by atoms with E-state index in [4.69, 9.17) is 0 Å². The molecule has 0 saturated carbocycles. The summed E-state index contributed by atoms with van der Waals surface area (Å²) in [5.74, 6) is -0.396. The number of H-pyrrole nitrogens is 1. The third-order valence-corrected chi connectivity index (χ3v) is 4.49. The fourth-order valence-corrected chi connectivity index (χ4v) is 3.16. The van der Waals surface area contributed by atoms with Crippen molar-refractivity contribution in [3.63, 3.8) is 0 Å². The number of urea groups is 1. The van der Waals surface area contributed by atoms with Crippen molar-refractivity contribution in [2.45, 2.75) is 6.42 Å². The largest absolute Gasteiger partial charge is 0.361 e. The van der Waals surface area contributed by atoms with Gasteiger partial charge in [0.1, 0.15) is 5.70 Å². The smallest absolute Gasteiger partial charge is 0.326 e. The Labute approximate surface area is 139 Å². The summed E-state index contributed by atoms with van der Waals surface area (Å²) in [5.41, 5.74) is 4.76. The van der Waals surface area contributed by atoms with Crippen molar-refractivity contribution >= 4 is 34.5 Å². The number of fused-ring (bicyclic) bond motifs is 1. The number of aromatic nitrogens is 1. The maximum atomic E-state index is 11.7. The fraction of sp³-hybridized carbons (Fsp3) is 0.222. The zero-order valence-electron chi connectivity index (χ0n) is 13.3. The number of nitrogens with zero attached hydrogens (tertiary/aromatic N) is 1. The molecule has 6 heteroatoms. The average Bonchev–Trinajstić information content (AvgIpc) is 3.11. The van der Waals surface area contributed by atoms with Crippen LogP contribution in [0.1, 0.15) is 17.5 Å². The lowest BCUT2D eigenvalue weighted by Gasteiger charge is -2.21. The third-order valence-electron chi connectivity index (χ3n) is 4.49. The van der Waals surface area contributed by atoms with E-state index in [1.165, 1.54) is 11.1 Å². The molecule has 2 aliphatic heterocycles. The molecule has 1 aromatic carbocycles. The van der Waals surface area contributed by atoms with E-state index in [1.807, 2.05) is 24.4 Å². The van der Waals surface area contributed by atoms with E-state index >= 15 is 0 Å². The van der Waals surface area contributed by atoms with Gasteiger partial charge >= 0.3 is 6.03 Å². The minimum absolute atomic E-state index is 0.273. The number of benzene rings is 1. The standard InChI is InChI=1S/C18H18N4O2/c1-22-6-4-12(5-7-22)14-10-19-15-3-2-11(8-13(14)15)9-16-17(23)21-18(24)20-16/h2-4,8-10,19H,5-7H2,1H3,(H2,20,21,23,24). The molecule has 0 atom stereocenters. The minimum atomic E-state index is -0.480. The van der Waals surface area contributed by atoms with Crippen molar-refractivity contribution < 1.29 is 9.59 Å². The van der Waals surface area contributed by atoms with E-state index < -0.39 is 11.9 Å². The van der Waals surface area contributed by atoms with Gasteiger partial charge in [-0.3, -0.25) is 10.1 Å². The van der Waals surface area contributed by atoms with E-state index in [0.29, 0.717) is 0 Å². The Balaban J connectivity index is 1.73. The highest BCUT2D eigenvalue weighted by Crippen LogP contribution is 2.30. The molecule has 4 rings (SSSR count). The van der Waals surface area contributed by atoms with Crippen molar-refractivity contribution in [3.8, 4) is 0 Å². The van der Waals surface area contributed by atoms with Gasteiger partial charge in [0.2, 0.25) is 0 Å². The summed E-state index contributed by atoms with van der Waals surface area (Å²) in [7, 11) is 2.12. The van der Waals surface area contributed by atoms with Crippen molar-refractivity contribution in [1.82, 2.24) is 20.5 Å². The number of aromatic amines is 1. The number of carbonyl (C=O) groups is 2. The minimum Gasteiger partial charge on any atom is -0.361 e. The second-order valence-electron chi connectivity index (χ2n) is 6.22. The van der Waals surface area contributed by atoms with Crippen LogP contribution in [0.15, 0.2) is 36.2 Å². The predicted octanol–water partition coefficient (Wildman–Crippen LogP) is 2.07. The van der Waals surface area contributed by atoms with Gasteiger partial charge in [0.15, 0.2) is 0 Å². The Morgan fingerprint density at radius 2 is 2.08 bits per heavy atom. The second kappa shape index (κ2) is 5.65. The number of carbonyl (C=O) groups excluding carboxylic acids is 2. The van der Waals surface area contributed by atoms with E-state index in [9.17, 15) is 9.59 Å². The van der Waals surface area contributed by atoms with Crippen LogP contribution in [0.3, 0.4) is 0 Å². The molecule has 3 N–H and O–H groups in total. The molecular formula is C18H18N4O2. The number of nitrogens with one attached hydrogen (secondary N) is 3. The van der Waals surface area contributed by atoms with Gasteiger partial charge in [0.05, 0.1) is 0 Å². The highest BCUT2D eigenvalue weighted by atomic mass is 16.2. The molecule has 1 aromatic heterocycles. The number of amides is 3. The molecule has 2 aliphatic rings. The topological polar surface area (TPSA) is 77.2 Å². The lowest BCUT2D eigenvalue weighted by molar-refractivity contribution is -0.115. The fourth-order valence-electron chi connectivity index (χ4n) is 3.16. The van der Waals surface area contributed by atoms with Gasteiger partial charge in [-0.25, -0.2) is 4.79 Å². The van der Waals surface area contributed by atoms with Gasteiger partial charge in [-0.1, -0.05) is 12.1 Å². The number of hydrogen-bond acceptors (Lipinski definition) is 3. The Hall–Kier alpha value is -2.86. The molecule has 0 radical (unpaired) electrons. The summed E-state index contributed by atoms with van der Waals surface area (Å²) in [6.07, 6.45) is 7.03. The van der Waals surface area contributed by atoms with Gasteiger partial charge in [-0.05, 0) is 42.8 Å². The highest BCUT2D eigenvalue weighted by molar-refractivity contribution is 6.14.